The summed E-state index contributed by atoms with van der Waals surface area (Å²) in [4.78, 5) is 43.7. The minimum absolute atomic E-state index is 0.151. The van der Waals surface area contributed by atoms with Crippen molar-refractivity contribution in [1.82, 2.24) is 4.90 Å². The Morgan fingerprint density at radius 1 is 1.05 bits per heavy atom. The van der Waals surface area contributed by atoms with E-state index in [1.54, 1.807) is 4.90 Å². The minimum Gasteiger partial charge on any atom is -0.324 e. The van der Waals surface area contributed by atoms with Gasteiger partial charge in [-0.1, -0.05) is 87.4 Å². The lowest BCUT2D eigenvalue weighted by molar-refractivity contribution is -0.123. The molecule has 0 bridgehead atoms. The van der Waals surface area contributed by atoms with E-state index in [1.807, 2.05) is 56.3 Å². The lowest BCUT2D eigenvalue weighted by Crippen LogP contribution is -2.36. The van der Waals surface area contributed by atoms with E-state index in [1.165, 1.54) is 16.7 Å². The van der Waals surface area contributed by atoms with Crippen LogP contribution in [0.5, 0.6) is 0 Å². The van der Waals surface area contributed by atoms with Crippen LogP contribution in [0.1, 0.15) is 56.2 Å². The molecule has 2 aliphatic rings. The highest BCUT2D eigenvalue weighted by Crippen LogP contribution is 2.44. The molecular weight excluding hydrogens is 502 g/mol. The number of fused-ring (bicyclic) bond motifs is 1. The molecule has 0 aromatic heterocycles. The average molecular weight is 536 g/mol. The maximum atomic E-state index is 13.7. The van der Waals surface area contributed by atoms with E-state index in [2.05, 4.69) is 19.2 Å². The summed E-state index contributed by atoms with van der Waals surface area (Å²) < 4.78 is 0.485. The molecule has 1 atom stereocenters. The average Bonchev–Trinajstić information content (AvgIpc) is 3.30. The van der Waals surface area contributed by atoms with E-state index < -0.39 is 0 Å². The molecule has 0 saturated carbocycles. The largest absolute Gasteiger partial charge is 0.324 e. The van der Waals surface area contributed by atoms with Gasteiger partial charge in [0.2, 0.25) is 5.91 Å². The van der Waals surface area contributed by atoms with Crippen molar-refractivity contribution in [2.75, 3.05) is 23.3 Å². The second kappa shape index (κ2) is 11.6. The van der Waals surface area contributed by atoms with Crippen LogP contribution in [0, 0.1) is 19.8 Å². The van der Waals surface area contributed by atoms with Crippen LogP contribution in [-0.4, -0.2) is 40.0 Å². The first-order valence-corrected chi connectivity index (χ1v) is 14.0. The number of nitrogens with one attached hydrogen (secondary N) is 1. The van der Waals surface area contributed by atoms with Gasteiger partial charge < -0.3 is 5.32 Å². The SMILES string of the molecule is CCCC[C@@H](CC)CN1C(=O)/C(=C2/C(=O)N(CC(=O)Nc3cc(C)ccc3C)c3ccccc32)SC1=S. The molecule has 4 rings (SSSR count). The van der Waals surface area contributed by atoms with Crippen molar-refractivity contribution in [3.8, 4) is 0 Å². The number of unbranched alkanes of at least 4 members (excludes halogenated alkanes) is 1. The monoisotopic (exact) mass is 535 g/mol. The summed E-state index contributed by atoms with van der Waals surface area (Å²) in [6, 6.07) is 13.2. The Labute approximate surface area is 228 Å². The normalized spacial score (nSPS) is 18.0. The molecule has 3 amide bonds. The van der Waals surface area contributed by atoms with Crippen molar-refractivity contribution in [3.05, 3.63) is 64.1 Å². The van der Waals surface area contributed by atoms with Crippen LogP contribution in [0.15, 0.2) is 47.4 Å². The second-order valence-corrected chi connectivity index (χ2v) is 11.3. The Balaban J connectivity index is 1.60. The number of amides is 3. The highest BCUT2D eigenvalue weighted by atomic mass is 32.2. The molecular formula is C29H33N3O3S2. The molecule has 1 fully saturated rings. The number of rotatable bonds is 9. The summed E-state index contributed by atoms with van der Waals surface area (Å²) in [5.74, 6) is -0.503. The molecule has 0 unspecified atom stereocenters. The number of hydrogen-bond donors (Lipinski definition) is 1. The Bertz CT molecular complexity index is 1290. The molecule has 1 N–H and O–H groups in total. The topological polar surface area (TPSA) is 69.7 Å². The maximum Gasteiger partial charge on any atom is 0.267 e. The number of anilines is 2. The Hall–Kier alpha value is -2.97. The van der Waals surface area contributed by atoms with E-state index in [0.717, 1.165) is 42.5 Å². The third-order valence-electron chi connectivity index (χ3n) is 6.95. The van der Waals surface area contributed by atoms with Gasteiger partial charge in [0.25, 0.3) is 11.8 Å². The smallest absolute Gasteiger partial charge is 0.267 e. The Kier molecular flexibility index (Phi) is 8.49. The van der Waals surface area contributed by atoms with Crippen LogP contribution in [0.4, 0.5) is 11.4 Å². The summed E-state index contributed by atoms with van der Waals surface area (Å²) in [6.07, 6.45) is 4.23. The van der Waals surface area contributed by atoms with Crippen molar-refractivity contribution in [2.24, 2.45) is 5.92 Å². The van der Waals surface area contributed by atoms with Crippen LogP contribution >= 0.6 is 24.0 Å². The van der Waals surface area contributed by atoms with Crippen molar-refractivity contribution < 1.29 is 14.4 Å². The van der Waals surface area contributed by atoms with Crippen molar-refractivity contribution in [1.29, 1.82) is 0 Å². The van der Waals surface area contributed by atoms with Crippen LogP contribution in [0.25, 0.3) is 5.57 Å². The fourth-order valence-corrected chi connectivity index (χ4v) is 6.09. The van der Waals surface area contributed by atoms with Crippen LogP contribution in [0.3, 0.4) is 0 Å². The molecule has 0 aliphatic carbocycles. The number of carbonyl (C=O) groups is 3. The molecule has 2 aromatic rings. The lowest BCUT2D eigenvalue weighted by atomic mass is 9.98. The first-order chi connectivity index (χ1) is 17.7. The van der Waals surface area contributed by atoms with E-state index in [-0.39, 0.29) is 24.3 Å². The predicted octanol–water partition coefficient (Wildman–Crippen LogP) is 6.08. The van der Waals surface area contributed by atoms with Crippen molar-refractivity contribution in [3.63, 3.8) is 0 Å². The highest BCUT2D eigenvalue weighted by molar-refractivity contribution is 8.26. The summed E-state index contributed by atoms with van der Waals surface area (Å²) >= 11 is 6.78. The highest BCUT2D eigenvalue weighted by Gasteiger charge is 2.42. The number of benzene rings is 2. The van der Waals surface area contributed by atoms with Gasteiger partial charge in [0.1, 0.15) is 10.9 Å². The van der Waals surface area contributed by atoms with Gasteiger partial charge in [0, 0.05) is 17.8 Å². The van der Waals surface area contributed by atoms with E-state index in [4.69, 9.17) is 12.2 Å². The van der Waals surface area contributed by atoms with E-state index in [0.29, 0.717) is 38.5 Å². The summed E-state index contributed by atoms with van der Waals surface area (Å²) in [5.41, 5.74) is 4.31. The first kappa shape index (κ1) is 27.1. The Morgan fingerprint density at radius 2 is 1.81 bits per heavy atom. The number of nitrogens with zero attached hydrogens (tertiary/aromatic N) is 2. The quantitative estimate of drug-likeness (QED) is 0.311. The molecule has 0 radical (unpaired) electrons. The minimum atomic E-state index is -0.351. The number of aryl methyl sites for hydroxylation is 2. The summed E-state index contributed by atoms with van der Waals surface area (Å²) in [7, 11) is 0. The van der Waals surface area contributed by atoms with Gasteiger partial charge in [0.15, 0.2) is 0 Å². The molecule has 0 spiro atoms. The van der Waals surface area contributed by atoms with Gasteiger partial charge in [-0.3, -0.25) is 24.2 Å². The number of para-hydroxylation sites is 1. The van der Waals surface area contributed by atoms with E-state index in [9.17, 15) is 14.4 Å². The van der Waals surface area contributed by atoms with Gasteiger partial charge in [-0.25, -0.2) is 0 Å². The molecule has 2 heterocycles. The number of thioether (sulfide) groups is 1. The second-order valence-electron chi connectivity index (χ2n) is 9.68. The third kappa shape index (κ3) is 5.65. The molecule has 8 heteroatoms. The fraction of sp³-hybridized carbons (Fsp3) is 0.379. The zero-order valence-corrected chi connectivity index (χ0v) is 23.4. The Morgan fingerprint density at radius 3 is 2.54 bits per heavy atom. The van der Waals surface area contributed by atoms with Gasteiger partial charge in [-0.2, -0.15) is 0 Å². The lowest BCUT2D eigenvalue weighted by Gasteiger charge is -2.21. The standard InChI is InChI=1S/C29H33N3O3S2/c1-5-7-10-20(6-2)16-32-28(35)26(37-29(32)36)25-21-11-8-9-12-23(21)31(27(25)34)17-24(33)30-22-15-18(3)13-14-19(22)4/h8-9,11-15,20H,5-7,10,16-17H2,1-4H3,(H,30,33)/b26-25-/t20-/m1/s1. The number of carbonyl (C=O) groups excluding carboxylic acids is 3. The van der Waals surface area contributed by atoms with Gasteiger partial charge >= 0.3 is 0 Å². The van der Waals surface area contributed by atoms with Gasteiger partial charge in [-0.05, 0) is 49.4 Å². The zero-order valence-electron chi connectivity index (χ0n) is 21.8. The maximum absolute atomic E-state index is 13.7. The van der Waals surface area contributed by atoms with Crippen molar-refractivity contribution in [2.45, 2.75) is 53.4 Å². The first-order valence-electron chi connectivity index (χ1n) is 12.8. The number of thiocarbonyl (C=S) groups is 1. The summed E-state index contributed by atoms with van der Waals surface area (Å²) in [5, 5.41) is 2.93. The zero-order chi connectivity index (χ0) is 26.7. The molecule has 2 aromatic carbocycles. The van der Waals surface area contributed by atoms with Crippen molar-refractivity contribution >= 4 is 63.0 Å². The van der Waals surface area contributed by atoms with Crippen LogP contribution < -0.4 is 10.2 Å². The molecule has 2 aliphatic heterocycles. The molecule has 194 valence electrons. The molecule has 6 nitrogen and oxygen atoms in total. The van der Waals surface area contributed by atoms with Gasteiger partial charge in [-0.15, -0.1) is 0 Å². The summed E-state index contributed by atoms with van der Waals surface area (Å²) in [6.45, 7) is 8.60. The van der Waals surface area contributed by atoms with Gasteiger partial charge in [0.05, 0.1) is 16.2 Å². The molecule has 1 saturated heterocycles. The fourth-order valence-electron chi connectivity index (χ4n) is 4.74. The number of hydrogen-bond acceptors (Lipinski definition) is 5. The van der Waals surface area contributed by atoms with E-state index >= 15 is 0 Å². The van der Waals surface area contributed by atoms with Crippen LogP contribution in [0.2, 0.25) is 0 Å². The molecule has 37 heavy (non-hydrogen) atoms. The predicted molar refractivity (Wildman–Crippen MR) is 155 cm³/mol. The third-order valence-corrected chi connectivity index (χ3v) is 8.40. The van der Waals surface area contributed by atoms with Crippen LogP contribution in [-0.2, 0) is 14.4 Å².